The lowest BCUT2D eigenvalue weighted by Crippen LogP contribution is -2.21. The molecular weight excluding hydrogens is 280 g/mol. The lowest BCUT2D eigenvalue weighted by atomic mass is 10.1. The second-order valence-corrected chi connectivity index (χ2v) is 6.86. The Bertz CT molecular complexity index is 611. The number of aliphatic hydroxyl groups excluding tert-OH is 1. The fraction of sp³-hybridized carbons (Fsp3) is 0.333. The van der Waals surface area contributed by atoms with Crippen LogP contribution in [0, 0.1) is 6.92 Å². The third-order valence-electron chi connectivity index (χ3n) is 2.29. The van der Waals surface area contributed by atoms with Crippen molar-refractivity contribution < 1.29 is 21.9 Å². The van der Waals surface area contributed by atoms with Crippen LogP contribution in [0.5, 0.6) is 0 Å². The number of primary sulfonamides is 2. The van der Waals surface area contributed by atoms with E-state index < -0.39 is 26.7 Å². The number of sulfonamides is 2. The van der Waals surface area contributed by atoms with E-state index in [1.54, 1.807) is 0 Å². The summed E-state index contributed by atoms with van der Waals surface area (Å²) in [6.07, 6.45) is -0.169. The quantitative estimate of drug-likeness (QED) is 0.641. The molecule has 7 nitrogen and oxygen atoms in total. The van der Waals surface area contributed by atoms with Gasteiger partial charge in [0, 0.05) is 6.61 Å². The summed E-state index contributed by atoms with van der Waals surface area (Å²) in [5, 5.41) is 18.9. The number of rotatable bonds is 4. The molecule has 1 aromatic rings. The first-order valence-electron chi connectivity index (χ1n) is 4.87. The van der Waals surface area contributed by atoms with Gasteiger partial charge in [-0.1, -0.05) is 0 Å². The topological polar surface area (TPSA) is 141 Å². The van der Waals surface area contributed by atoms with E-state index in [9.17, 15) is 16.8 Å². The molecule has 1 rings (SSSR count). The Labute approximate surface area is 106 Å². The van der Waals surface area contributed by atoms with Crippen LogP contribution in [0.1, 0.15) is 11.1 Å². The predicted molar refractivity (Wildman–Crippen MR) is 64.7 cm³/mol. The molecule has 102 valence electrons. The lowest BCUT2D eigenvalue weighted by Gasteiger charge is -2.12. The highest BCUT2D eigenvalue weighted by atomic mass is 32.2. The van der Waals surface area contributed by atoms with Crippen molar-refractivity contribution >= 4 is 20.0 Å². The summed E-state index contributed by atoms with van der Waals surface area (Å²) in [5.74, 6) is 0. The molecule has 0 amide bonds. The van der Waals surface area contributed by atoms with Gasteiger partial charge in [-0.05, 0) is 36.6 Å². The Balaban J connectivity index is 3.79. The number of hydrogen-bond acceptors (Lipinski definition) is 5. The van der Waals surface area contributed by atoms with Crippen molar-refractivity contribution in [2.24, 2.45) is 10.3 Å². The van der Waals surface area contributed by atoms with Crippen LogP contribution in [0.15, 0.2) is 21.9 Å². The van der Waals surface area contributed by atoms with Gasteiger partial charge in [0.15, 0.2) is 0 Å². The van der Waals surface area contributed by atoms with Gasteiger partial charge < -0.3 is 5.11 Å². The molecule has 0 aliphatic carbocycles. The monoisotopic (exact) mass is 294 g/mol. The van der Waals surface area contributed by atoms with Crippen molar-refractivity contribution in [2.45, 2.75) is 23.1 Å². The van der Waals surface area contributed by atoms with Crippen LogP contribution < -0.4 is 10.3 Å². The van der Waals surface area contributed by atoms with Crippen LogP contribution in [0.4, 0.5) is 0 Å². The van der Waals surface area contributed by atoms with Crippen molar-refractivity contribution in [3.63, 3.8) is 0 Å². The second-order valence-electron chi connectivity index (χ2n) is 3.80. The van der Waals surface area contributed by atoms with Gasteiger partial charge in [0.2, 0.25) is 20.0 Å². The molecule has 0 radical (unpaired) electrons. The SMILES string of the molecule is Cc1cc(S(N)(=O)=O)c(CCO)c(S(N)(=O)=O)c1. The zero-order valence-corrected chi connectivity index (χ0v) is 11.3. The van der Waals surface area contributed by atoms with Gasteiger partial charge in [0.25, 0.3) is 0 Å². The van der Waals surface area contributed by atoms with Gasteiger partial charge in [-0.2, -0.15) is 0 Å². The van der Waals surface area contributed by atoms with Crippen LogP contribution in [0.3, 0.4) is 0 Å². The van der Waals surface area contributed by atoms with E-state index in [1.165, 1.54) is 19.1 Å². The Morgan fingerprint density at radius 1 is 1.06 bits per heavy atom. The van der Waals surface area contributed by atoms with Gasteiger partial charge in [-0.25, -0.2) is 27.1 Å². The highest BCUT2D eigenvalue weighted by molar-refractivity contribution is 7.90. The van der Waals surface area contributed by atoms with Crippen molar-refractivity contribution in [3.05, 3.63) is 23.3 Å². The lowest BCUT2D eigenvalue weighted by molar-refractivity contribution is 0.297. The third kappa shape index (κ3) is 3.27. The Kier molecular flexibility index (Phi) is 4.13. The molecule has 0 unspecified atom stereocenters. The molecule has 9 heteroatoms. The molecule has 1 aromatic carbocycles. The first kappa shape index (κ1) is 15.1. The van der Waals surface area contributed by atoms with Gasteiger partial charge in [0.1, 0.15) is 0 Å². The van der Waals surface area contributed by atoms with E-state index in [-0.39, 0.29) is 21.8 Å². The summed E-state index contributed by atoms with van der Waals surface area (Å²) < 4.78 is 45.7. The molecule has 0 aliphatic heterocycles. The standard InChI is InChI=1S/C9H14N2O5S2/c1-6-4-8(17(10,13)14)7(2-3-12)9(5-6)18(11,15)16/h4-5,12H,2-3H2,1H3,(H2,10,13,14)(H2,11,15,16). The van der Waals surface area contributed by atoms with Crippen molar-refractivity contribution in [1.82, 2.24) is 0 Å². The average Bonchev–Trinajstić information content (AvgIpc) is 2.17. The van der Waals surface area contributed by atoms with Crippen LogP contribution in [-0.4, -0.2) is 28.5 Å². The van der Waals surface area contributed by atoms with Crippen molar-refractivity contribution in [3.8, 4) is 0 Å². The first-order chi connectivity index (χ1) is 8.07. The van der Waals surface area contributed by atoms with Gasteiger partial charge in [0.05, 0.1) is 9.79 Å². The number of hydrogen-bond donors (Lipinski definition) is 3. The van der Waals surface area contributed by atoms with Crippen LogP contribution in [0.2, 0.25) is 0 Å². The van der Waals surface area contributed by atoms with E-state index in [0.29, 0.717) is 5.56 Å². The van der Waals surface area contributed by atoms with Crippen LogP contribution in [-0.2, 0) is 26.5 Å². The summed E-state index contributed by atoms with van der Waals surface area (Å²) in [7, 11) is -8.18. The summed E-state index contributed by atoms with van der Waals surface area (Å²) >= 11 is 0. The van der Waals surface area contributed by atoms with E-state index >= 15 is 0 Å². The van der Waals surface area contributed by atoms with E-state index in [2.05, 4.69) is 0 Å². The number of nitrogens with two attached hydrogens (primary N) is 2. The fourth-order valence-electron chi connectivity index (χ4n) is 1.62. The van der Waals surface area contributed by atoms with E-state index in [4.69, 9.17) is 15.4 Å². The molecule has 0 atom stereocenters. The van der Waals surface area contributed by atoms with E-state index in [0.717, 1.165) is 0 Å². The molecule has 0 saturated carbocycles. The Hall–Kier alpha value is -1.00. The van der Waals surface area contributed by atoms with Gasteiger partial charge in [-0.15, -0.1) is 0 Å². The molecule has 0 aromatic heterocycles. The maximum absolute atomic E-state index is 11.4. The molecule has 0 aliphatic rings. The smallest absolute Gasteiger partial charge is 0.238 e. The third-order valence-corrected chi connectivity index (χ3v) is 4.24. The summed E-state index contributed by atoms with van der Waals surface area (Å²) in [6, 6.07) is 2.49. The maximum atomic E-state index is 11.4. The summed E-state index contributed by atoms with van der Waals surface area (Å²) in [6.45, 7) is 1.10. The van der Waals surface area contributed by atoms with Crippen LogP contribution in [0.25, 0.3) is 0 Å². The molecule has 0 heterocycles. The van der Waals surface area contributed by atoms with Gasteiger partial charge >= 0.3 is 0 Å². The molecule has 0 saturated heterocycles. The molecule has 0 bridgehead atoms. The summed E-state index contributed by atoms with van der Waals surface area (Å²) in [5.41, 5.74) is 0.304. The molecular formula is C9H14N2O5S2. The molecule has 0 spiro atoms. The Morgan fingerprint density at radius 3 is 1.72 bits per heavy atom. The maximum Gasteiger partial charge on any atom is 0.238 e. The second kappa shape index (κ2) is 4.94. The minimum absolute atomic E-state index is 0.0897. The zero-order chi connectivity index (χ0) is 14.1. The number of aryl methyl sites for hydroxylation is 1. The highest BCUT2D eigenvalue weighted by Gasteiger charge is 2.23. The highest BCUT2D eigenvalue weighted by Crippen LogP contribution is 2.24. The average molecular weight is 294 g/mol. The zero-order valence-electron chi connectivity index (χ0n) is 9.62. The number of aliphatic hydroxyl groups is 1. The Morgan fingerprint density at radius 2 is 1.44 bits per heavy atom. The molecule has 18 heavy (non-hydrogen) atoms. The van der Waals surface area contributed by atoms with Crippen molar-refractivity contribution in [2.75, 3.05) is 6.61 Å². The first-order valence-corrected chi connectivity index (χ1v) is 7.96. The minimum Gasteiger partial charge on any atom is -0.396 e. The normalized spacial score (nSPS) is 12.7. The summed E-state index contributed by atoms with van der Waals surface area (Å²) in [4.78, 5) is -0.666. The largest absolute Gasteiger partial charge is 0.396 e. The molecule has 0 fully saturated rings. The fourth-order valence-corrected chi connectivity index (χ4v) is 3.49. The van der Waals surface area contributed by atoms with E-state index in [1.807, 2.05) is 0 Å². The van der Waals surface area contributed by atoms with Crippen LogP contribution >= 0.6 is 0 Å². The van der Waals surface area contributed by atoms with Gasteiger partial charge in [-0.3, -0.25) is 0 Å². The number of benzene rings is 1. The van der Waals surface area contributed by atoms with Crippen molar-refractivity contribution in [1.29, 1.82) is 0 Å². The molecule has 5 N–H and O–H groups in total. The predicted octanol–water partition coefficient (Wildman–Crippen LogP) is -1.18. The minimum atomic E-state index is -4.09.